The molecule has 1 aliphatic rings. The van der Waals surface area contributed by atoms with E-state index >= 15 is 0 Å². The number of hydrogen-bond acceptors (Lipinski definition) is 4. The summed E-state index contributed by atoms with van der Waals surface area (Å²) in [5, 5.41) is 4.67. The van der Waals surface area contributed by atoms with E-state index in [4.69, 9.17) is 4.98 Å². The third kappa shape index (κ3) is 3.29. The number of fused-ring (bicyclic) bond motifs is 1. The minimum atomic E-state index is 0.525. The maximum atomic E-state index is 4.91. The van der Waals surface area contributed by atoms with E-state index in [2.05, 4.69) is 38.0 Å². The molecule has 1 N–H and O–H groups in total. The molecule has 1 aliphatic carbocycles. The second-order valence-corrected chi connectivity index (χ2v) is 6.60. The molecule has 0 saturated carbocycles. The van der Waals surface area contributed by atoms with Gasteiger partial charge in [-0.2, -0.15) is 0 Å². The van der Waals surface area contributed by atoms with E-state index in [9.17, 15) is 0 Å². The zero-order valence-electron chi connectivity index (χ0n) is 12.7. The van der Waals surface area contributed by atoms with E-state index in [1.54, 1.807) is 0 Å². The Hall–Kier alpha value is -0.610. The molecule has 1 aromatic heterocycles. The van der Waals surface area contributed by atoms with Crippen LogP contribution < -0.4 is 10.2 Å². The van der Waals surface area contributed by atoms with Gasteiger partial charge >= 0.3 is 0 Å². The van der Waals surface area contributed by atoms with Crippen molar-refractivity contribution in [1.82, 2.24) is 10.3 Å². The minimum Gasteiger partial charge on any atom is -0.348 e. The average molecular weight is 281 g/mol. The molecule has 2 atom stereocenters. The van der Waals surface area contributed by atoms with Crippen molar-refractivity contribution >= 4 is 16.5 Å². The van der Waals surface area contributed by atoms with Crippen molar-refractivity contribution in [2.75, 3.05) is 25.0 Å². The van der Waals surface area contributed by atoms with Gasteiger partial charge in [0.1, 0.15) is 0 Å². The molecule has 0 radical (unpaired) electrons. The van der Waals surface area contributed by atoms with Crippen molar-refractivity contribution in [1.29, 1.82) is 0 Å². The third-order valence-corrected chi connectivity index (χ3v) is 5.44. The standard InChI is InChI=1S/C15H27N3S/c1-5-11(3)10-18(6-2)15-17-13-9-7-8-12(16-4)14(13)19-15/h11-12,16H,5-10H2,1-4H3. The Balaban J connectivity index is 2.18. The molecule has 0 bridgehead atoms. The first-order chi connectivity index (χ1) is 9.19. The zero-order valence-corrected chi connectivity index (χ0v) is 13.5. The van der Waals surface area contributed by atoms with Crippen LogP contribution in [0, 0.1) is 5.92 Å². The fourth-order valence-corrected chi connectivity index (χ4v) is 3.99. The van der Waals surface area contributed by atoms with Crippen LogP contribution in [0.15, 0.2) is 0 Å². The van der Waals surface area contributed by atoms with Crippen LogP contribution >= 0.6 is 11.3 Å². The van der Waals surface area contributed by atoms with Gasteiger partial charge < -0.3 is 10.2 Å². The first-order valence-electron chi connectivity index (χ1n) is 7.61. The summed E-state index contributed by atoms with van der Waals surface area (Å²) in [6.45, 7) is 9.01. The topological polar surface area (TPSA) is 28.2 Å². The van der Waals surface area contributed by atoms with E-state index in [1.807, 2.05) is 11.3 Å². The average Bonchev–Trinajstić information content (AvgIpc) is 2.87. The highest BCUT2D eigenvalue weighted by Crippen LogP contribution is 2.37. The van der Waals surface area contributed by atoms with Crippen molar-refractivity contribution in [3.05, 3.63) is 10.6 Å². The Morgan fingerprint density at radius 1 is 1.47 bits per heavy atom. The van der Waals surface area contributed by atoms with E-state index in [1.165, 1.54) is 35.0 Å². The highest BCUT2D eigenvalue weighted by Gasteiger charge is 2.25. The lowest BCUT2D eigenvalue weighted by Crippen LogP contribution is -2.27. The predicted octanol–water partition coefficient (Wildman–Crippen LogP) is 3.61. The smallest absolute Gasteiger partial charge is 0.185 e. The van der Waals surface area contributed by atoms with Crippen LogP contribution in [0.25, 0.3) is 0 Å². The van der Waals surface area contributed by atoms with E-state index in [-0.39, 0.29) is 0 Å². The predicted molar refractivity (Wildman–Crippen MR) is 84.2 cm³/mol. The number of hydrogen-bond donors (Lipinski definition) is 1. The highest BCUT2D eigenvalue weighted by molar-refractivity contribution is 7.15. The summed E-state index contributed by atoms with van der Waals surface area (Å²) in [5.41, 5.74) is 1.34. The molecule has 2 unspecified atom stereocenters. The molecule has 1 aromatic rings. The summed E-state index contributed by atoms with van der Waals surface area (Å²) in [5.74, 6) is 0.737. The Kier molecular flexibility index (Phi) is 5.22. The Bertz CT molecular complexity index is 402. The molecule has 4 heteroatoms. The number of rotatable bonds is 6. The highest BCUT2D eigenvalue weighted by atomic mass is 32.1. The van der Waals surface area contributed by atoms with Crippen LogP contribution in [0.1, 0.15) is 56.6 Å². The molecule has 1 heterocycles. The van der Waals surface area contributed by atoms with E-state index in [0.717, 1.165) is 25.4 Å². The minimum absolute atomic E-state index is 0.525. The summed E-state index contributed by atoms with van der Waals surface area (Å²) in [7, 11) is 2.07. The van der Waals surface area contributed by atoms with Gasteiger partial charge in [0.2, 0.25) is 0 Å². The fraction of sp³-hybridized carbons (Fsp3) is 0.800. The first kappa shape index (κ1) is 14.8. The van der Waals surface area contributed by atoms with Crippen molar-refractivity contribution in [2.45, 2.75) is 52.5 Å². The van der Waals surface area contributed by atoms with Gasteiger partial charge in [-0.15, -0.1) is 0 Å². The van der Waals surface area contributed by atoms with Crippen LogP contribution in [0.3, 0.4) is 0 Å². The first-order valence-corrected chi connectivity index (χ1v) is 8.43. The van der Waals surface area contributed by atoms with Gasteiger partial charge in [-0.3, -0.25) is 0 Å². The lowest BCUT2D eigenvalue weighted by Gasteiger charge is -2.23. The Morgan fingerprint density at radius 2 is 2.26 bits per heavy atom. The molecule has 0 saturated heterocycles. The summed E-state index contributed by atoms with van der Waals surface area (Å²) in [4.78, 5) is 8.84. The summed E-state index contributed by atoms with van der Waals surface area (Å²) in [6.07, 6.45) is 4.91. The van der Waals surface area contributed by atoms with Crippen LogP contribution in [-0.4, -0.2) is 25.1 Å². The van der Waals surface area contributed by atoms with Crippen LogP contribution in [0.2, 0.25) is 0 Å². The molecule has 0 aliphatic heterocycles. The quantitative estimate of drug-likeness (QED) is 0.863. The van der Waals surface area contributed by atoms with Gasteiger partial charge in [0.15, 0.2) is 5.13 Å². The second kappa shape index (κ2) is 6.71. The number of nitrogens with one attached hydrogen (secondary N) is 1. The molecule has 0 amide bonds. The number of nitrogens with zero attached hydrogens (tertiary/aromatic N) is 2. The molecule has 3 nitrogen and oxygen atoms in total. The van der Waals surface area contributed by atoms with Crippen molar-refractivity contribution in [3.63, 3.8) is 0 Å². The van der Waals surface area contributed by atoms with Gasteiger partial charge in [-0.05, 0) is 39.2 Å². The molecule has 0 aromatic carbocycles. The summed E-state index contributed by atoms with van der Waals surface area (Å²) in [6, 6.07) is 0.525. The monoisotopic (exact) mass is 281 g/mol. The SMILES string of the molecule is CCC(C)CN(CC)c1nc2c(s1)C(NC)CCC2. The third-order valence-electron chi connectivity index (χ3n) is 4.17. The van der Waals surface area contributed by atoms with Crippen molar-refractivity contribution < 1.29 is 0 Å². The molecule has 0 fully saturated rings. The van der Waals surface area contributed by atoms with Crippen LogP contribution in [0.5, 0.6) is 0 Å². The summed E-state index contributed by atoms with van der Waals surface area (Å²) < 4.78 is 0. The van der Waals surface area contributed by atoms with Crippen LogP contribution in [-0.2, 0) is 6.42 Å². The number of aryl methyl sites for hydroxylation is 1. The largest absolute Gasteiger partial charge is 0.348 e. The molecular weight excluding hydrogens is 254 g/mol. The fourth-order valence-electron chi connectivity index (χ4n) is 2.67. The second-order valence-electron chi connectivity index (χ2n) is 5.59. The van der Waals surface area contributed by atoms with Gasteiger partial charge in [0.05, 0.1) is 5.69 Å². The van der Waals surface area contributed by atoms with Gasteiger partial charge in [-0.1, -0.05) is 31.6 Å². The van der Waals surface area contributed by atoms with Gasteiger partial charge in [-0.25, -0.2) is 4.98 Å². The molecular formula is C15H27N3S. The lowest BCUT2D eigenvalue weighted by atomic mass is 9.98. The summed E-state index contributed by atoms with van der Waals surface area (Å²) >= 11 is 1.91. The maximum Gasteiger partial charge on any atom is 0.185 e. The Morgan fingerprint density at radius 3 is 2.89 bits per heavy atom. The maximum absolute atomic E-state index is 4.91. The zero-order chi connectivity index (χ0) is 13.8. The molecule has 2 rings (SSSR count). The van der Waals surface area contributed by atoms with Crippen LogP contribution in [0.4, 0.5) is 5.13 Å². The molecule has 19 heavy (non-hydrogen) atoms. The van der Waals surface area contributed by atoms with E-state index < -0.39 is 0 Å². The number of aromatic nitrogens is 1. The van der Waals surface area contributed by atoms with Gasteiger partial charge in [0.25, 0.3) is 0 Å². The number of thiazole rings is 1. The molecule has 0 spiro atoms. The van der Waals surface area contributed by atoms with E-state index in [0.29, 0.717) is 6.04 Å². The lowest BCUT2D eigenvalue weighted by molar-refractivity contribution is 0.500. The van der Waals surface area contributed by atoms with Gasteiger partial charge in [0, 0.05) is 24.0 Å². The normalized spacial score (nSPS) is 20.1. The molecule has 108 valence electrons. The van der Waals surface area contributed by atoms with Crippen molar-refractivity contribution in [3.8, 4) is 0 Å². The Labute approximate surface area is 121 Å². The van der Waals surface area contributed by atoms with Crippen molar-refractivity contribution in [2.24, 2.45) is 5.92 Å². The number of anilines is 1.